The standard InChI is InChI=1S/C28H26F4O2/c1-34-24-15-14-23(27(31)28(24)32)19-7-2-17(3-8-19)4-11-21-12-13-22(26(30)25(21)29)20-9-5-18(16-33)6-10-20/h4-6,9-15,17,19,33H,2-3,7-8,16H2,1H3/b11-4+. The van der Waals surface area contributed by atoms with Crippen LogP contribution in [0.5, 0.6) is 5.75 Å². The molecule has 1 aliphatic rings. The highest BCUT2D eigenvalue weighted by Gasteiger charge is 2.26. The molecule has 0 heterocycles. The Morgan fingerprint density at radius 2 is 1.53 bits per heavy atom. The number of aliphatic hydroxyl groups excluding tert-OH is 1. The van der Waals surface area contributed by atoms with Crippen LogP contribution in [0.3, 0.4) is 0 Å². The fourth-order valence-corrected chi connectivity index (χ4v) is 4.59. The summed E-state index contributed by atoms with van der Waals surface area (Å²) in [5.74, 6) is -3.70. The fraction of sp³-hybridized carbons (Fsp3) is 0.286. The zero-order valence-electron chi connectivity index (χ0n) is 18.8. The van der Waals surface area contributed by atoms with Crippen LogP contribution in [0.4, 0.5) is 17.6 Å². The Bertz CT molecular complexity index is 1180. The summed E-state index contributed by atoms with van der Waals surface area (Å²) in [5, 5.41) is 9.14. The normalized spacial score (nSPS) is 18.4. The first-order chi connectivity index (χ1) is 16.4. The zero-order valence-corrected chi connectivity index (χ0v) is 18.8. The number of benzene rings is 3. The minimum Gasteiger partial charge on any atom is -0.494 e. The summed E-state index contributed by atoms with van der Waals surface area (Å²) in [7, 11) is 1.30. The van der Waals surface area contributed by atoms with E-state index in [1.54, 1.807) is 48.5 Å². The maximum Gasteiger partial charge on any atom is 0.200 e. The Morgan fingerprint density at radius 3 is 2.18 bits per heavy atom. The fourth-order valence-electron chi connectivity index (χ4n) is 4.59. The summed E-state index contributed by atoms with van der Waals surface area (Å²) in [4.78, 5) is 0. The van der Waals surface area contributed by atoms with Gasteiger partial charge in [-0.25, -0.2) is 13.2 Å². The van der Waals surface area contributed by atoms with Crippen molar-refractivity contribution in [1.82, 2.24) is 0 Å². The maximum atomic E-state index is 14.7. The van der Waals surface area contributed by atoms with Crippen molar-refractivity contribution in [3.63, 3.8) is 0 Å². The van der Waals surface area contributed by atoms with E-state index in [0.717, 1.165) is 12.8 Å². The van der Waals surface area contributed by atoms with E-state index >= 15 is 0 Å². The third-order valence-corrected chi connectivity index (χ3v) is 6.62. The number of rotatable bonds is 6. The van der Waals surface area contributed by atoms with Gasteiger partial charge in [0.1, 0.15) is 0 Å². The van der Waals surface area contributed by atoms with Gasteiger partial charge in [-0.15, -0.1) is 0 Å². The van der Waals surface area contributed by atoms with E-state index in [1.165, 1.54) is 13.2 Å². The molecular formula is C28H26F4O2. The van der Waals surface area contributed by atoms with Crippen molar-refractivity contribution >= 4 is 6.08 Å². The molecule has 34 heavy (non-hydrogen) atoms. The highest BCUT2D eigenvalue weighted by atomic mass is 19.2. The molecule has 1 saturated carbocycles. The largest absolute Gasteiger partial charge is 0.494 e. The van der Waals surface area contributed by atoms with E-state index < -0.39 is 23.3 Å². The first kappa shape index (κ1) is 24.0. The van der Waals surface area contributed by atoms with Gasteiger partial charge in [-0.1, -0.05) is 54.6 Å². The van der Waals surface area contributed by atoms with E-state index in [9.17, 15) is 17.6 Å². The topological polar surface area (TPSA) is 29.5 Å². The predicted molar refractivity (Wildman–Crippen MR) is 124 cm³/mol. The van der Waals surface area contributed by atoms with E-state index in [2.05, 4.69) is 0 Å². The molecule has 0 saturated heterocycles. The van der Waals surface area contributed by atoms with Crippen molar-refractivity contribution in [2.45, 2.75) is 38.2 Å². The molecule has 2 nitrogen and oxygen atoms in total. The van der Waals surface area contributed by atoms with Crippen molar-refractivity contribution in [2.75, 3.05) is 7.11 Å². The van der Waals surface area contributed by atoms with Gasteiger partial charge < -0.3 is 9.84 Å². The quantitative estimate of drug-likeness (QED) is 0.381. The molecule has 3 aromatic carbocycles. The highest BCUT2D eigenvalue weighted by Crippen LogP contribution is 2.39. The van der Waals surface area contributed by atoms with Crippen molar-refractivity contribution in [2.24, 2.45) is 5.92 Å². The molecule has 6 heteroatoms. The van der Waals surface area contributed by atoms with E-state index in [1.807, 2.05) is 6.08 Å². The van der Waals surface area contributed by atoms with Gasteiger partial charge in [0.05, 0.1) is 13.7 Å². The molecule has 0 atom stereocenters. The average Bonchev–Trinajstić information content (AvgIpc) is 2.87. The van der Waals surface area contributed by atoms with Crippen LogP contribution in [-0.2, 0) is 6.61 Å². The lowest BCUT2D eigenvalue weighted by molar-refractivity contribution is 0.282. The average molecular weight is 471 g/mol. The van der Waals surface area contributed by atoms with Crippen molar-refractivity contribution in [1.29, 1.82) is 0 Å². The molecule has 3 aromatic rings. The lowest BCUT2D eigenvalue weighted by Crippen LogP contribution is -2.13. The summed E-state index contributed by atoms with van der Waals surface area (Å²) in [6.45, 7) is -0.116. The van der Waals surface area contributed by atoms with E-state index in [0.29, 0.717) is 29.5 Å². The summed E-state index contributed by atoms with van der Waals surface area (Å²) in [6, 6.07) is 12.8. The molecule has 0 aromatic heterocycles. The van der Waals surface area contributed by atoms with Crippen LogP contribution < -0.4 is 4.74 Å². The third-order valence-electron chi connectivity index (χ3n) is 6.62. The summed E-state index contributed by atoms with van der Waals surface area (Å²) < 4.78 is 62.8. The van der Waals surface area contributed by atoms with Gasteiger partial charge in [0, 0.05) is 11.1 Å². The number of methoxy groups -OCH3 is 1. The van der Waals surface area contributed by atoms with Crippen LogP contribution >= 0.6 is 0 Å². The first-order valence-electron chi connectivity index (χ1n) is 11.3. The minimum absolute atomic E-state index is 0.0873. The molecule has 1 fully saturated rings. The summed E-state index contributed by atoms with van der Waals surface area (Å²) in [5.41, 5.74) is 1.91. The Hall–Kier alpha value is -3.12. The molecule has 1 N–H and O–H groups in total. The number of aliphatic hydroxyl groups is 1. The minimum atomic E-state index is -0.965. The van der Waals surface area contributed by atoms with Crippen LogP contribution in [0.15, 0.2) is 54.6 Å². The molecule has 0 amide bonds. The molecule has 1 aliphatic carbocycles. The highest BCUT2D eigenvalue weighted by molar-refractivity contribution is 5.67. The number of halogens is 4. The monoisotopic (exact) mass is 470 g/mol. The second kappa shape index (κ2) is 10.4. The summed E-state index contributed by atoms with van der Waals surface area (Å²) in [6.07, 6.45) is 6.31. The predicted octanol–water partition coefficient (Wildman–Crippen LogP) is 7.40. The van der Waals surface area contributed by atoms with Crippen LogP contribution in [0, 0.1) is 29.2 Å². The van der Waals surface area contributed by atoms with Gasteiger partial charge >= 0.3 is 0 Å². The van der Waals surface area contributed by atoms with Crippen LogP contribution in [0.1, 0.15) is 48.3 Å². The maximum absolute atomic E-state index is 14.7. The van der Waals surface area contributed by atoms with Crippen molar-refractivity contribution in [3.8, 4) is 16.9 Å². The second-order valence-corrected chi connectivity index (χ2v) is 8.64. The lowest BCUT2D eigenvalue weighted by Gasteiger charge is -2.27. The molecular weight excluding hydrogens is 444 g/mol. The van der Waals surface area contributed by atoms with Gasteiger partial charge in [-0.2, -0.15) is 4.39 Å². The molecule has 4 rings (SSSR count). The Morgan fingerprint density at radius 1 is 0.824 bits per heavy atom. The summed E-state index contributed by atoms with van der Waals surface area (Å²) >= 11 is 0. The number of hydrogen-bond donors (Lipinski definition) is 1. The lowest BCUT2D eigenvalue weighted by atomic mass is 9.78. The van der Waals surface area contributed by atoms with Crippen LogP contribution in [-0.4, -0.2) is 12.2 Å². The molecule has 0 aliphatic heterocycles. The first-order valence-corrected chi connectivity index (χ1v) is 11.3. The molecule has 0 unspecified atom stereocenters. The SMILES string of the molecule is COc1ccc(C2CCC(/C=C/c3ccc(-c4ccc(CO)cc4)c(F)c3F)CC2)c(F)c1F. The van der Waals surface area contributed by atoms with Crippen LogP contribution in [0.25, 0.3) is 17.2 Å². The number of ether oxygens (including phenoxy) is 1. The van der Waals surface area contributed by atoms with Crippen molar-refractivity contribution in [3.05, 3.63) is 94.6 Å². The number of allylic oxidation sites excluding steroid dienone is 1. The smallest absolute Gasteiger partial charge is 0.200 e. The van der Waals surface area contributed by atoms with Crippen molar-refractivity contribution < 1.29 is 27.4 Å². The number of hydrogen-bond acceptors (Lipinski definition) is 2. The Kier molecular flexibility index (Phi) is 7.37. The van der Waals surface area contributed by atoms with Gasteiger partial charge in [-0.05, 0) is 60.3 Å². The van der Waals surface area contributed by atoms with E-state index in [-0.39, 0.29) is 35.3 Å². The van der Waals surface area contributed by atoms with Gasteiger partial charge in [0.15, 0.2) is 23.2 Å². The van der Waals surface area contributed by atoms with Gasteiger partial charge in [0.2, 0.25) is 5.82 Å². The van der Waals surface area contributed by atoms with Crippen LogP contribution in [0.2, 0.25) is 0 Å². The Balaban J connectivity index is 1.43. The zero-order chi connectivity index (χ0) is 24.2. The third kappa shape index (κ3) is 4.87. The molecule has 0 bridgehead atoms. The Labute approximate surface area is 196 Å². The second-order valence-electron chi connectivity index (χ2n) is 8.64. The van der Waals surface area contributed by atoms with E-state index in [4.69, 9.17) is 9.84 Å². The molecule has 178 valence electrons. The molecule has 0 spiro atoms. The van der Waals surface area contributed by atoms with Gasteiger partial charge in [0.25, 0.3) is 0 Å². The van der Waals surface area contributed by atoms with Gasteiger partial charge in [-0.3, -0.25) is 0 Å². The molecule has 0 radical (unpaired) electrons.